The van der Waals surface area contributed by atoms with Gasteiger partial charge in [-0.1, -0.05) is 22.0 Å². The molecule has 0 amide bonds. The van der Waals surface area contributed by atoms with Gasteiger partial charge in [-0.2, -0.15) is 5.26 Å². The van der Waals surface area contributed by atoms with Crippen LogP contribution in [0.3, 0.4) is 0 Å². The zero-order valence-electron chi connectivity index (χ0n) is 6.66. The number of benzene rings is 1. The topological polar surface area (TPSA) is 36.7 Å². The van der Waals surface area contributed by atoms with Crippen molar-refractivity contribution in [2.75, 3.05) is 0 Å². The Hall–Kier alpha value is -1.40. The Balaban J connectivity index is 2.97. The van der Waals surface area contributed by atoms with E-state index < -0.39 is 0 Å². The van der Waals surface area contributed by atoms with Gasteiger partial charge in [-0.3, -0.25) is 4.98 Å². The third-order valence-corrected chi connectivity index (χ3v) is 2.50. The van der Waals surface area contributed by atoms with Gasteiger partial charge in [-0.15, -0.1) is 0 Å². The quantitative estimate of drug-likeness (QED) is 0.701. The van der Waals surface area contributed by atoms with E-state index in [1.54, 1.807) is 12.3 Å². The summed E-state index contributed by atoms with van der Waals surface area (Å²) in [7, 11) is 0. The highest BCUT2D eigenvalue weighted by molar-refractivity contribution is 9.10. The molecule has 2 rings (SSSR count). The zero-order chi connectivity index (χ0) is 9.26. The number of nitriles is 1. The van der Waals surface area contributed by atoms with Crippen LogP contribution in [-0.4, -0.2) is 4.98 Å². The standard InChI is InChI=1S/C10H5BrN2/c11-8-2-1-3-9-10(8)7(6-12)4-5-13-9/h1-5H. The molecule has 0 radical (unpaired) electrons. The van der Waals surface area contributed by atoms with Crippen LogP contribution >= 0.6 is 15.9 Å². The SMILES string of the molecule is N#Cc1ccnc2cccc(Br)c12. The molecule has 1 heterocycles. The molecule has 0 aliphatic carbocycles. The van der Waals surface area contributed by atoms with Crippen LogP contribution in [0.2, 0.25) is 0 Å². The molecule has 13 heavy (non-hydrogen) atoms. The minimum atomic E-state index is 0.650. The van der Waals surface area contributed by atoms with Crippen molar-refractivity contribution >= 4 is 26.8 Å². The number of halogens is 1. The van der Waals surface area contributed by atoms with Crippen LogP contribution in [0, 0.1) is 11.3 Å². The van der Waals surface area contributed by atoms with Crippen molar-refractivity contribution in [3.05, 3.63) is 40.5 Å². The van der Waals surface area contributed by atoms with E-state index in [4.69, 9.17) is 5.26 Å². The minimum Gasteiger partial charge on any atom is -0.256 e. The fourth-order valence-corrected chi connectivity index (χ4v) is 1.82. The molecule has 62 valence electrons. The predicted molar refractivity (Wildman–Crippen MR) is 54.2 cm³/mol. The van der Waals surface area contributed by atoms with Gasteiger partial charge in [-0.05, 0) is 18.2 Å². The van der Waals surface area contributed by atoms with Crippen molar-refractivity contribution in [1.82, 2.24) is 4.98 Å². The number of pyridine rings is 1. The first-order valence-electron chi connectivity index (χ1n) is 3.76. The smallest absolute Gasteiger partial charge is 0.0999 e. The maximum Gasteiger partial charge on any atom is 0.0999 e. The number of hydrogen-bond donors (Lipinski definition) is 0. The molecule has 0 spiro atoms. The van der Waals surface area contributed by atoms with Gasteiger partial charge < -0.3 is 0 Å². The first-order valence-corrected chi connectivity index (χ1v) is 4.55. The molecule has 0 saturated heterocycles. The molecule has 0 unspecified atom stereocenters. The molecular weight excluding hydrogens is 228 g/mol. The molecule has 0 fully saturated rings. The highest BCUT2D eigenvalue weighted by atomic mass is 79.9. The number of hydrogen-bond acceptors (Lipinski definition) is 2. The Morgan fingerprint density at radius 2 is 2.15 bits per heavy atom. The van der Waals surface area contributed by atoms with E-state index in [1.807, 2.05) is 18.2 Å². The second-order valence-electron chi connectivity index (χ2n) is 2.60. The monoisotopic (exact) mass is 232 g/mol. The molecular formula is C10H5BrN2. The highest BCUT2D eigenvalue weighted by Gasteiger charge is 2.03. The number of rotatable bonds is 0. The normalized spacial score (nSPS) is 9.85. The first-order chi connectivity index (χ1) is 6.33. The average Bonchev–Trinajstić information content (AvgIpc) is 2.17. The number of fused-ring (bicyclic) bond motifs is 1. The summed E-state index contributed by atoms with van der Waals surface area (Å²) in [4.78, 5) is 4.17. The lowest BCUT2D eigenvalue weighted by Crippen LogP contribution is -1.83. The molecule has 1 aromatic heterocycles. The lowest BCUT2D eigenvalue weighted by atomic mass is 10.1. The summed E-state index contributed by atoms with van der Waals surface area (Å²) in [6.07, 6.45) is 1.65. The maximum absolute atomic E-state index is 8.86. The predicted octanol–water partition coefficient (Wildman–Crippen LogP) is 2.87. The van der Waals surface area contributed by atoms with Gasteiger partial charge in [0.15, 0.2) is 0 Å². The molecule has 0 bridgehead atoms. The van der Waals surface area contributed by atoms with Gasteiger partial charge in [-0.25, -0.2) is 0 Å². The molecule has 3 heteroatoms. The molecule has 0 N–H and O–H groups in total. The second-order valence-corrected chi connectivity index (χ2v) is 3.46. The second kappa shape index (κ2) is 3.15. The maximum atomic E-state index is 8.86. The van der Waals surface area contributed by atoms with Crippen LogP contribution in [-0.2, 0) is 0 Å². The molecule has 2 aromatic rings. The van der Waals surface area contributed by atoms with Crippen molar-refractivity contribution in [1.29, 1.82) is 5.26 Å². The van der Waals surface area contributed by atoms with Crippen molar-refractivity contribution < 1.29 is 0 Å². The summed E-state index contributed by atoms with van der Waals surface area (Å²) in [6.45, 7) is 0. The third kappa shape index (κ3) is 1.30. The van der Waals surface area contributed by atoms with Crippen molar-refractivity contribution in [3.8, 4) is 6.07 Å². The van der Waals surface area contributed by atoms with Gasteiger partial charge in [0.2, 0.25) is 0 Å². The third-order valence-electron chi connectivity index (χ3n) is 1.84. The Morgan fingerprint density at radius 1 is 1.31 bits per heavy atom. The van der Waals surface area contributed by atoms with E-state index >= 15 is 0 Å². The molecule has 0 aliphatic rings. The van der Waals surface area contributed by atoms with Crippen LogP contribution < -0.4 is 0 Å². The fourth-order valence-electron chi connectivity index (χ4n) is 1.26. The zero-order valence-corrected chi connectivity index (χ0v) is 8.25. The van der Waals surface area contributed by atoms with Gasteiger partial charge in [0.05, 0.1) is 17.1 Å². The van der Waals surface area contributed by atoms with E-state index in [-0.39, 0.29) is 0 Å². The van der Waals surface area contributed by atoms with Gasteiger partial charge >= 0.3 is 0 Å². The summed E-state index contributed by atoms with van der Waals surface area (Å²) in [6, 6.07) is 9.56. The highest BCUT2D eigenvalue weighted by Crippen LogP contribution is 2.24. The summed E-state index contributed by atoms with van der Waals surface area (Å²) >= 11 is 3.40. The van der Waals surface area contributed by atoms with Crippen LogP contribution in [0.4, 0.5) is 0 Å². The van der Waals surface area contributed by atoms with E-state index in [1.165, 1.54) is 0 Å². The van der Waals surface area contributed by atoms with Gasteiger partial charge in [0.25, 0.3) is 0 Å². The van der Waals surface area contributed by atoms with Crippen LogP contribution in [0.5, 0.6) is 0 Å². The van der Waals surface area contributed by atoms with Crippen LogP contribution in [0.15, 0.2) is 34.9 Å². The minimum absolute atomic E-state index is 0.650. The van der Waals surface area contributed by atoms with Gasteiger partial charge in [0, 0.05) is 16.1 Å². The fraction of sp³-hybridized carbons (Fsp3) is 0. The lowest BCUT2D eigenvalue weighted by molar-refractivity contribution is 1.39. The molecule has 1 aromatic carbocycles. The Kier molecular flexibility index (Phi) is 1.99. The Morgan fingerprint density at radius 3 is 2.92 bits per heavy atom. The summed E-state index contributed by atoms with van der Waals surface area (Å²) in [5.74, 6) is 0. The van der Waals surface area contributed by atoms with E-state index in [9.17, 15) is 0 Å². The largest absolute Gasteiger partial charge is 0.256 e. The van der Waals surface area contributed by atoms with E-state index in [2.05, 4.69) is 27.0 Å². The Bertz CT molecular complexity index is 494. The number of nitrogens with zero attached hydrogens (tertiary/aromatic N) is 2. The van der Waals surface area contributed by atoms with E-state index in [0.717, 1.165) is 15.4 Å². The Labute approximate surface area is 84.0 Å². The molecule has 0 atom stereocenters. The summed E-state index contributed by atoms with van der Waals surface area (Å²) in [5, 5.41) is 9.74. The summed E-state index contributed by atoms with van der Waals surface area (Å²) in [5.41, 5.74) is 1.49. The van der Waals surface area contributed by atoms with Crippen LogP contribution in [0.25, 0.3) is 10.9 Å². The van der Waals surface area contributed by atoms with Crippen molar-refractivity contribution in [2.45, 2.75) is 0 Å². The van der Waals surface area contributed by atoms with Gasteiger partial charge in [0.1, 0.15) is 0 Å². The van der Waals surface area contributed by atoms with E-state index in [0.29, 0.717) is 5.56 Å². The average molecular weight is 233 g/mol. The number of aromatic nitrogens is 1. The summed E-state index contributed by atoms with van der Waals surface area (Å²) < 4.78 is 0.912. The van der Waals surface area contributed by atoms with Crippen molar-refractivity contribution in [3.63, 3.8) is 0 Å². The van der Waals surface area contributed by atoms with Crippen LogP contribution in [0.1, 0.15) is 5.56 Å². The first kappa shape index (κ1) is 8.21. The molecule has 2 nitrogen and oxygen atoms in total. The van der Waals surface area contributed by atoms with Crippen molar-refractivity contribution in [2.24, 2.45) is 0 Å². The molecule has 0 aliphatic heterocycles. The molecule has 0 saturated carbocycles. The lowest BCUT2D eigenvalue weighted by Gasteiger charge is -2.00.